The van der Waals surface area contributed by atoms with Gasteiger partial charge in [-0.05, 0) is 25.2 Å². The first-order chi connectivity index (χ1) is 8.74. The second-order valence-electron chi connectivity index (χ2n) is 5.42. The van der Waals surface area contributed by atoms with Crippen molar-refractivity contribution in [2.24, 2.45) is 5.92 Å². The molecule has 4 nitrogen and oxygen atoms in total. The van der Waals surface area contributed by atoms with E-state index < -0.39 is 0 Å². The molecule has 3 atom stereocenters. The lowest BCUT2D eigenvalue weighted by molar-refractivity contribution is -0.121. The minimum absolute atomic E-state index is 0.148. The summed E-state index contributed by atoms with van der Waals surface area (Å²) in [4.78, 5) is 11.8. The van der Waals surface area contributed by atoms with Crippen molar-refractivity contribution < 1.29 is 9.90 Å². The van der Waals surface area contributed by atoms with Crippen molar-refractivity contribution in [2.75, 3.05) is 24.6 Å². The third kappa shape index (κ3) is 4.78. The van der Waals surface area contributed by atoms with Crippen LogP contribution in [0.2, 0.25) is 0 Å². The molecule has 0 spiro atoms. The van der Waals surface area contributed by atoms with Crippen LogP contribution in [0.3, 0.4) is 0 Å². The molecule has 1 amide bonds. The maximum Gasteiger partial charge on any atom is 0.221 e. The maximum absolute atomic E-state index is 11.8. The van der Waals surface area contributed by atoms with Gasteiger partial charge in [0.15, 0.2) is 0 Å². The fourth-order valence-electron chi connectivity index (χ4n) is 2.75. The van der Waals surface area contributed by atoms with Gasteiger partial charge in [0.1, 0.15) is 0 Å². The molecular weight excluding hydrogens is 248 g/mol. The largest absolute Gasteiger partial charge is 0.393 e. The highest BCUT2D eigenvalue weighted by Gasteiger charge is 2.21. The lowest BCUT2D eigenvalue weighted by Crippen LogP contribution is -2.42. The number of hydrogen-bond acceptors (Lipinski definition) is 4. The zero-order valence-corrected chi connectivity index (χ0v) is 11.7. The summed E-state index contributed by atoms with van der Waals surface area (Å²) < 4.78 is 0. The van der Waals surface area contributed by atoms with Gasteiger partial charge in [0.25, 0.3) is 0 Å². The Labute approximate surface area is 113 Å². The van der Waals surface area contributed by atoms with E-state index in [4.69, 9.17) is 0 Å². The summed E-state index contributed by atoms with van der Waals surface area (Å²) in [5, 5.41) is 16.0. The highest BCUT2D eigenvalue weighted by atomic mass is 32.2. The van der Waals surface area contributed by atoms with Crippen LogP contribution in [-0.4, -0.2) is 47.8 Å². The van der Waals surface area contributed by atoms with Crippen LogP contribution in [0, 0.1) is 5.92 Å². The average Bonchev–Trinajstić information content (AvgIpc) is 2.38. The number of nitrogens with one attached hydrogen (secondary N) is 2. The predicted octanol–water partition coefficient (Wildman–Crippen LogP) is 0.749. The standard InChI is InChI=1S/C13H24N2O2S/c16-12-3-1-2-10(6-12)8-15-13(17)7-11-9-18-5-4-14-11/h10-12,14,16H,1-9H2,(H,15,17). The van der Waals surface area contributed by atoms with Crippen LogP contribution in [0.4, 0.5) is 0 Å². The molecule has 3 unspecified atom stereocenters. The highest BCUT2D eigenvalue weighted by molar-refractivity contribution is 7.99. The van der Waals surface area contributed by atoms with Crippen molar-refractivity contribution in [3.05, 3.63) is 0 Å². The summed E-state index contributed by atoms with van der Waals surface area (Å²) >= 11 is 1.92. The monoisotopic (exact) mass is 272 g/mol. The lowest BCUT2D eigenvalue weighted by Gasteiger charge is -2.27. The molecule has 0 aromatic carbocycles. The van der Waals surface area contributed by atoms with Gasteiger partial charge in [0.05, 0.1) is 6.10 Å². The van der Waals surface area contributed by atoms with Gasteiger partial charge in [-0.15, -0.1) is 0 Å². The number of thioether (sulfide) groups is 1. The molecule has 2 rings (SSSR count). The van der Waals surface area contributed by atoms with E-state index in [1.165, 1.54) is 0 Å². The van der Waals surface area contributed by atoms with Gasteiger partial charge in [-0.3, -0.25) is 4.79 Å². The van der Waals surface area contributed by atoms with Gasteiger partial charge < -0.3 is 15.7 Å². The maximum atomic E-state index is 11.8. The van der Waals surface area contributed by atoms with Gasteiger partial charge in [0.2, 0.25) is 5.91 Å². The molecule has 2 aliphatic rings. The number of carbonyl (C=O) groups excluding carboxylic acids is 1. The Balaban J connectivity index is 1.61. The van der Waals surface area contributed by atoms with Crippen molar-refractivity contribution in [1.82, 2.24) is 10.6 Å². The number of amides is 1. The first kappa shape index (κ1) is 14.2. The Morgan fingerprint density at radius 1 is 1.44 bits per heavy atom. The van der Waals surface area contributed by atoms with E-state index >= 15 is 0 Å². The van der Waals surface area contributed by atoms with Crippen molar-refractivity contribution in [1.29, 1.82) is 0 Å². The van der Waals surface area contributed by atoms with E-state index in [0.717, 1.165) is 50.3 Å². The molecule has 1 heterocycles. The van der Waals surface area contributed by atoms with Crippen LogP contribution in [0.1, 0.15) is 32.1 Å². The highest BCUT2D eigenvalue weighted by Crippen LogP contribution is 2.23. The Bertz CT molecular complexity index is 270. The predicted molar refractivity (Wildman–Crippen MR) is 74.7 cm³/mol. The Hall–Kier alpha value is -0.260. The second kappa shape index (κ2) is 7.36. The molecule has 5 heteroatoms. The molecule has 1 saturated heterocycles. The van der Waals surface area contributed by atoms with Crippen LogP contribution in [0.15, 0.2) is 0 Å². The Kier molecular flexibility index (Phi) is 5.79. The zero-order chi connectivity index (χ0) is 12.8. The van der Waals surface area contributed by atoms with E-state index in [1.807, 2.05) is 11.8 Å². The van der Waals surface area contributed by atoms with Gasteiger partial charge in [-0.25, -0.2) is 0 Å². The molecule has 0 aromatic rings. The van der Waals surface area contributed by atoms with Crippen LogP contribution in [0.25, 0.3) is 0 Å². The topological polar surface area (TPSA) is 61.4 Å². The van der Waals surface area contributed by atoms with Gasteiger partial charge in [0, 0.05) is 37.1 Å². The van der Waals surface area contributed by atoms with Crippen molar-refractivity contribution >= 4 is 17.7 Å². The molecule has 1 saturated carbocycles. The Morgan fingerprint density at radius 3 is 3.06 bits per heavy atom. The average molecular weight is 272 g/mol. The molecule has 2 fully saturated rings. The summed E-state index contributed by atoms with van der Waals surface area (Å²) in [6, 6.07) is 0.334. The normalized spacial score (nSPS) is 33.1. The molecule has 18 heavy (non-hydrogen) atoms. The van der Waals surface area contributed by atoms with Crippen molar-refractivity contribution in [2.45, 2.75) is 44.2 Å². The first-order valence-corrected chi connectivity index (χ1v) is 8.15. The van der Waals surface area contributed by atoms with E-state index in [9.17, 15) is 9.90 Å². The second-order valence-corrected chi connectivity index (χ2v) is 6.57. The summed E-state index contributed by atoms with van der Waals surface area (Å²) in [5.41, 5.74) is 0. The quantitative estimate of drug-likeness (QED) is 0.707. The third-order valence-corrected chi connectivity index (χ3v) is 4.90. The SMILES string of the molecule is O=C(CC1CSCCN1)NCC1CCCC(O)C1. The summed E-state index contributed by atoms with van der Waals surface area (Å²) in [7, 11) is 0. The number of carbonyl (C=O) groups is 1. The van der Waals surface area contributed by atoms with Crippen LogP contribution >= 0.6 is 11.8 Å². The molecule has 104 valence electrons. The van der Waals surface area contributed by atoms with Gasteiger partial charge in [-0.2, -0.15) is 11.8 Å². The third-order valence-electron chi connectivity index (χ3n) is 3.77. The molecule has 0 bridgehead atoms. The van der Waals surface area contributed by atoms with Crippen LogP contribution in [0.5, 0.6) is 0 Å². The molecule has 1 aliphatic heterocycles. The minimum atomic E-state index is -0.155. The molecule has 0 radical (unpaired) electrons. The molecular formula is C13H24N2O2S. The smallest absolute Gasteiger partial charge is 0.221 e. The molecule has 0 aromatic heterocycles. The van der Waals surface area contributed by atoms with Gasteiger partial charge >= 0.3 is 0 Å². The van der Waals surface area contributed by atoms with Crippen LogP contribution < -0.4 is 10.6 Å². The fourth-order valence-corrected chi connectivity index (χ4v) is 3.70. The van der Waals surface area contributed by atoms with Gasteiger partial charge in [-0.1, -0.05) is 6.42 Å². The molecule has 1 aliphatic carbocycles. The number of aliphatic hydroxyl groups is 1. The number of hydrogen-bond donors (Lipinski definition) is 3. The van der Waals surface area contributed by atoms with E-state index in [-0.39, 0.29) is 12.0 Å². The van der Waals surface area contributed by atoms with E-state index in [2.05, 4.69) is 10.6 Å². The van der Waals surface area contributed by atoms with Crippen LogP contribution in [-0.2, 0) is 4.79 Å². The first-order valence-electron chi connectivity index (χ1n) is 7.00. The van der Waals surface area contributed by atoms with E-state index in [1.54, 1.807) is 0 Å². The fraction of sp³-hybridized carbons (Fsp3) is 0.923. The number of rotatable bonds is 4. The van der Waals surface area contributed by atoms with E-state index in [0.29, 0.717) is 18.4 Å². The summed E-state index contributed by atoms with van der Waals surface area (Å²) in [6.07, 6.45) is 4.42. The lowest BCUT2D eigenvalue weighted by atomic mass is 9.87. The summed E-state index contributed by atoms with van der Waals surface area (Å²) in [6.45, 7) is 1.74. The minimum Gasteiger partial charge on any atom is -0.393 e. The Morgan fingerprint density at radius 2 is 2.33 bits per heavy atom. The van der Waals surface area contributed by atoms with Crippen molar-refractivity contribution in [3.8, 4) is 0 Å². The summed E-state index contributed by atoms with van der Waals surface area (Å²) in [5.74, 6) is 2.80. The molecule has 3 N–H and O–H groups in total. The zero-order valence-electron chi connectivity index (χ0n) is 10.9. The number of aliphatic hydroxyl groups excluding tert-OH is 1. The van der Waals surface area contributed by atoms with Crippen molar-refractivity contribution in [3.63, 3.8) is 0 Å².